The molecule has 0 aromatic rings. The van der Waals surface area contributed by atoms with E-state index in [2.05, 4.69) is 28.1 Å². The van der Waals surface area contributed by atoms with Crippen molar-refractivity contribution < 1.29 is 27.6 Å². The minimum atomic E-state index is -5.19. The van der Waals surface area contributed by atoms with Gasteiger partial charge in [-0.1, -0.05) is 6.92 Å². The highest BCUT2D eigenvalue weighted by Crippen LogP contribution is 2.11. The van der Waals surface area contributed by atoms with Gasteiger partial charge in [0.2, 0.25) is 0 Å². The van der Waals surface area contributed by atoms with E-state index in [1.807, 2.05) is 0 Å². The second kappa shape index (κ2) is 5.85. The van der Waals surface area contributed by atoms with Gasteiger partial charge in [0.15, 0.2) is 0 Å². The Balaban J connectivity index is 0. The topological polar surface area (TPSA) is 40.1 Å². The van der Waals surface area contributed by atoms with Gasteiger partial charge in [0.25, 0.3) is 0 Å². The van der Waals surface area contributed by atoms with E-state index in [1.165, 1.54) is 13.0 Å². The lowest BCUT2D eigenvalue weighted by molar-refractivity contribution is -0.870. The maximum absolute atomic E-state index is 10.5. The summed E-state index contributed by atoms with van der Waals surface area (Å²) in [6.07, 6.45) is -3.91. The van der Waals surface area contributed by atoms with Crippen LogP contribution < -0.4 is 5.11 Å². The van der Waals surface area contributed by atoms with Crippen LogP contribution in [-0.2, 0) is 4.79 Å². The van der Waals surface area contributed by atoms with Gasteiger partial charge in [0.1, 0.15) is 5.97 Å². The summed E-state index contributed by atoms with van der Waals surface area (Å²) in [5.41, 5.74) is 0. The number of carbonyl (C=O) groups excluding carboxylic acids is 1. The van der Waals surface area contributed by atoms with E-state index < -0.39 is 12.1 Å². The van der Waals surface area contributed by atoms with Crippen molar-refractivity contribution >= 4 is 5.97 Å². The zero-order valence-electron chi connectivity index (χ0n) is 8.81. The molecule has 0 aliphatic heterocycles. The Labute approximate surface area is 81.7 Å². The molecule has 0 N–H and O–H groups in total. The normalized spacial score (nSPS) is 11.6. The molecule has 0 atom stereocenters. The fourth-order valence-electron chi connectivity index (χ4n) is 0.671. The molecule has 0 aromatic heterocycles. The Morgan fingerprint density at radius 3 is 1.57 bits per heavy atom. The lowest BCUT2D eigenvalue weighted by atomic mass is 10.4. The summed E-state index contributed by atoms with van der Waals surface area (Å²) in [7, 11) is 6.64. The summed E-state index contributed by atoms with van der Waals surface area (Å²) in [6.45, 7) is 3.49. The molecule has 3 nitrogen and oxygen atoms in total. The zero-order chi connectivity index (χ0) is 12.0. The second-order valence-electron chi connectivity index (χ2n) is 3.80. The molecule has 86 valence electrons. The fraction of sp³-hybridized carbons (Fsp3) is 0.875. The second-order valence-corrected chi connectivity index (χ2v) is 3.80. The average Bonchev–Trinajstić information content (AvgIpc) is 1.82. The summed E-state index contributed by atoms with van der Waals surface area (Å²) in [4.78, 5) is 8.78. The number of carboxylic acid groups (broad SMARTS) is 1. The van der Waals surface area contributed by atoms with E-state index in [0.29, 0.717) is 0 Å². The van der Waals surface area contributed by atoms with E-state index in [0.717, 1.165) is 4.48 Å². The van der Waals surface area contributed by atoms with Crippen LogP contribution in [0, 0.1) is 0 Å². The van der Waals surface area contributed by atoms with Crippen LogP contribution in [0.15, 0.2) is 0 Å². The number of rotatable bonds is 2. The first-order chi connectivity index (χ1) is 6.00. The standard InChI is InChI=1S/C6H16N.C2HF3O2/c1-5-6-7(2,3)4;3-2(4,5)1(6)7/h5-6H2,1-4H3;(H,6,7)/q+1;/p-1. The molecule has 0 aliphatic carbocycles. The van der Waals surface area contributed by atoms with Gasteiger partial charge >= 0.3 is 6.18 Å². The van der Waals surface area contributed by atoms with Crippen molar-refractivity contribution in [3.63, 3.8) is 0 Å². The first-order valence-electron chi connectivity index (χ1n) is 4.09. The van der Waals surface area contributed by atoms with Crippen molar-refractivity contribution in [2.45, 2.75) is 19.5 Å². The lowest BCUT2D eigenvalue weighted by Crippen LogP contribution is -2.37. The van der Waals surface area contributed by atoms with Gasteiger partial charge in [0, 0.05) is 0 Å². The van der Waals surface area contributed by atoms with Crippen molar-refractivity contribution in [1.82, 2.24) is 0 Å². The van der Waals surface area contributed by atoms with Gasteiger partial charge in [-0.05, 0) is 6.42 Å². The third-order valence-corrected chi connectivity index (χ3v) is 1.13. The maximum Gasteiger partial charge on any atom is 0.430 e. The van der Waals surface area contributed by atoms with Crippen LogP contribution in [-0.4, -0.2) is 44.3 Å². The van der Waals surface area contributed by atoms with Crippen molar-refractivity contribution in [3.8, 4) is 0 Å². The van der Waals surface area contributed by atoms with Crippen LogP contribution in [0.4, 0.5) is 13.2 Å². The molecular formula is C8H16F3NO2. The number of aliphatic carboxylic acids is 1. The number of hydrogen-bond donors (Lipinski definition) is 0. The first-order valence-corrected chi connectivity index (χ1v) is 4.09. The smallest absolute Gasteiger partial charge is 0.430 e. The van der Waals surface area contributed by atoms with Gasteiger partial charge in [-0.3, -0.25) is 0 Å². The van der Waals surface area contributed by atoms with Crippen LogP contribution in [0.2, 0.25) is 0 Å². The van der Waals surface area contributed by atoms with E-state index >= 15 is 0 Å². The molecule has 0 radical (unpaired) electrons. The van der Waals surface area contributed by atoms with Crippen LogP contribution >= 0.6 is 0 Å². The molecule has 0 saturated carbocycles. The van der Waals surface area contributed by atoms with Crippen molar-refractivity contribution in [3.05, 3.63) is 0 Å². The largest absolute Gasteiger partial charge is 0.542 e. The highest BCUT2D eigenvalue weighted by molar-refractivity contribution is 5.70. The Kier molecular flexibility index (Phi) is 6.55. The molecule has 0 aliphatic rings. The zero-order valence-corrected chi connectivity index (χ0v) is 8.81. The van der Waals surface area contributed by atoms with E-state index in [4.69, 9.17) is 9.90 Å². The van der Waals surface area contributed by atoms with Gasteiger partial charge in [0.05, 0.1) is 27.7 Å². The minimum absolute atomic E-state index is 1.09. The number of halogens is 3. The van der Waals surface area contributed by atoms with Gasteiger partial charge in [-0.25, -0.2) is 0 Å². The van der Waals surface area contributed by atoms with E-state index in [9.17, 15) is 13.2 Å². The average molecular weight is 215 g/mol. The van der Waals surface area contributed by atoms with E-state index in [1.54, 1.807) is 0 Å². The number of quaternary nitrogens is 1. The molecule has 0 bridgehead atoms. The molecule has 0 fully saturated rings. The molecule has 14 heavy (non-hydrogen) atoms. The highest BCUT2D eigenvalue weighted by Gasteiger charge is 2.28. The third kappa shape index (κ3) is 13.8. The number of alkyl halides is 3. The fourth-order valence-corrected chi connectivity index (χ4v) is 0.671. The quantitative estimate of drug-likeness (QED) is 0.625. The third-order valence-electron chi connectivity index (χ3n) is 1.13. The monoisotopic (exact) mass is 215 g/mol. The predicted octanol–water partition coefficient (Wildman–Crippen LogP) is 0.401. The summed E-state index contributed by atoms with van der Waals surface area (Å²) in [5, 5.41) is 8.78. The van der Waals surface area contributed by atoms with Gasteiger partial charge in [-0.2, -0.15) is 13.2 Å². The van der Waals surface area contributed by atoms with Crippen LogP contribution in [0.5, 0.6) is 0 Å². The van der Waals surface area contributed by atoms with Gasteiger partial charge in [-0.15, -0.1) is 0 Å². The molecule has 0 aromatic carbocycles. The SMILES string of the molecule is CCC[N+](C)(C)C.O=C([O-])C(F)(F)F. The minimum Gasteiger partial charge on any atom is -0.542 e. The molecule has 0 unspecified atom stereocenters. The van der Waals surface area contributed by atoms with Crippen LogP contribution in [0.3, 0.4) is 0 Å². The Bertz CT molecular complexity index is 172. The molecule has 0 saturated heterocycles. The summed E-state index contributed by atoms with van der Waals surface area (Å²) in [6, 6.07) is 0. The molecule has 0 amide bonds. The molecule has 0 rings (SSSR count). The highest BCUT2D eigenvalue weighted by atomic mass is 19.4. The number of hydrogen-bond acceptors (Lipinski definition) is 2. The van der Waals surface area contributed by atoms with Crippen molar-refractivity contribution in [1.29, 1.82) is 0 Å². The summed E-state index contributed by atoms with van der Waals surface area (Å²) in [5.74, 6) is -3.01. The number of carbonyl (C=O) groups is 1. The predicted molar refractivity (Wildman–Crippen MR) is 44.3 cm³/mol. The first kappa shape index (κ1) is 15.7. The molecule has 0 spiro atoms. The van der Waals surface area contributed by atoms with Gasteiger partial charge < -0.3 is 14.4 Å². The number of nitrogens with zero attached hydrogens (tertiary/aromatic N) is 1. The Morgan fingerprint density at radius 1 is 1.29 bits per heavy atom. The summed E-state index contributed by atoms with van der Waals surface area (Å²) < 4.78 is 32.6. The lowest BCUT2D eigenvalue weighted by Gasteiger charge is -2.22. The number of carboxylic acids is 1. The maximum atomic E-state index is 10.5. The molecular weight excluding hydrogens is 199 g/mol. The summed E-state index contributed by atoms with van der Waals surface area (Å²) >= 11 is 0. The Morgan fingerprint density at radius 2 is 1.57 bits per heavy atom. The molecule has 6 heteroatoms. The van der Waals surface area contributed by atoms with Crippen molar-refractivity contribution in [2.24, 2.45) is 0 Å². The van der Waals surface area contributed by atoms with Crippen LogP contribution in [0.25, 0.3) is 0 Å². The molecule has 0 heterocycles. The Hall–Kier alpha value is -0.780. The van der Waals surface area contributed by atoms with E-state index in [-0.39, 0.29) is 0 Å². The van der Waals surface area contributed by atoms with Crippen molar-refractivity contribution in [2.75, 3.05) is 27.7 Å². The van der Waals surface area contributed by atoms with Crippen LogP contribution in [0.1, 0.15) is 13.3 Å².